The Balaban J connectivity index is 1.86. The molecule has 0 spiro atoms. The second-order valence-corrected chi connectivity index (χ2v) is 8.22. The molecule has 0 atom stereocenters. The van der Waals surface area contributed by atoms with Gasteiger partial charge in [-0.2, -0.15) is 0 Å². The lowest BCUT2D eigenvalue weighted by Crippen LogP contribution is -2.01. The van der Waals surface area contributed by atoms with E-state index in [1.807, 2.05) is 17.5 Å². The van der Waals surface area contributed by atoms with Crippen molar-refractivity contribution in [2.45, 2.75) is 11.4 Å². The molecular weight excluding hydrogens is 346 g/mol. The van der Waals surface area contributed by atoms with Crippen LogP contribution in [0.15, 0.2) is 53.0 Å². The molecule has 1 aromatic carbocycles. The number of hydrogen-bond acceptors (Lipinski definition) is 7. The number of phenols is 1. The number of hydrogen-bond donors (Lipinski definition) is 2. The number of nitrogens with zero attached hydrogens (tertiary/aromatic N) is 2. The smallest absolute Gasteiger partial charge is 0.175 e. The molecule has 2 N–H and O–H groups in total. The van der Waals surface area contributed by atoms with Gasteiger partial charge in [-0.3, -0.25) is 4.98 Å². The average Bonchev–Trinajstić information content (AvgIpc) is 3.06. The van der Waals surface area contributed by atoms with E-state index in [-0.39, 0.29) is 10.6 Å². The largest absolute Gasteiger partial charge is 0.507 e. The number of rotatable bonds is 5. The first-order chi connectivity index (χ1) is 11.4. The summed E-state index contributed by atoms with van der Waals surface area (Å²) in [6, 6.07) is 8.19. The summed E-state index contributed by atoms with van der Waals surface area (Å²) in [7, 11) is -3.37. The normalized spacial score (nSPS) is 11.4. The van der Waals surface area contributed by atoms with Gasteiger partial charge in [0.25, 0.3) is 0 Å². The van der Waals surface area contributed by atoms with Gasteiger partial charge in [0.15, 0.2) is 9.84 Å². The van der Waals surface area contributed by atoms with Gasteiger partial charge in [-0.05, 0) is 29.6 Å². The third-order valence-corrected chi connectivity index (χ3v) is 5.32. The number of sulfone groups is 1. The molecule has 3 rings (SSSR count). The van der Waals surface area contributed by atoms with E-state index in [9.17, 15) is 13.5 Å². The molecule has 0 aliphatic carbocycles. The van der Waals surface area contributed by atoms with Crippen LogP contribution in [0.4, 0.5) is 5.82 Å². The van der Waals surface area contributed by atoms with Gasteiger partial charge in [0.1, 0.15) is 11.6 Å². The SMILES string of the molecule is CS(=O)(=O)c1ccc(-c2cncc(NCc3cccs3)n2)c(O)c1. The Morgan fingerprint density at radius 1 is 1.25 bits per heavy atom. The third kappa shape index (κ3) is 3.72. The number of aromatic hydroxyl groups is 1. The molecule has 0 saturated carbocycles. The van der Waals surface area contributed by atoms with Crippen LogP contribution in [-0.4, -0.2) is 29.7 Å². The molecule has 0 amide bonds. The minimum absolute atomic E-state index is 0.0590. The van der Waals surface area contributed by atoms with E-state index in [0.29, 0.717) is 23.6 Å². The number of thiophene rings is 1. The minimum Gasteiger partial charge on any atom is -0.507 e. The Kier molecular flexibility index (Phi) is 4.50. The third-order valence-electron chi connectivity index (χ3n) is 3.33. The van der Waals surface area contributed by atoms with Crippen molar-refractivity contribution < 1.29 is 13.5 Å². The van der Waals surface area contributed by atoms with Gasteiger partial charge >= 0.3 is 0 Å². The monoisotopic (exact) mass is 361 g/mol. The minimum atomic E-state index is -3.37. The maximum absolute atomic E-state index is 11.5. The van der Waals surface area contributed by atoms with Gasteiger partial charge in [0.05, 0.1) is 29.5 Å². The summed E-state index contributed by atoms with van der Waals surface area (Å²) in [6.45, 7) is 0.634. The molecule has 6 nitrogen and oxygen atoms in total. The first kappa shape index (κ1) is 16.4. The fourth-order valence-corrected chi connectivity index (χ4v) is 3.42. The molecule has 8 heteroatoms. The Morgan fingerprint density at radius 2 is 2.08 bits per heavy atom. The average molecular weight is 361 g/mol. The van der Waals surface area contributed by atoms with Crippen molar-refractivity contribution in [1.29, 1.82) is 0 Å². The van der Waals surface area contributed by atoms with E-state index in [1.54, 1.807) is 17.5 Å². The number of nitrogens with one attached hydrogen (secondary N) is 1. The zero-order chi connectivity index (χ0) is 17.2. The molecule has 0 aliphatic rings. The molecule has 0 bridgehead atoms. The quantitative estimate of drug-likeness (QED) is 0.726. The van der Waals surface area contributed by atoms with Gasteiger partial charge in [-0.1, -0.05) is 6.07 Å². The lowest BCUT2D eigenvalue weighted by Gasteiger charge is -2.08. The molecular formula is C16H15N3O3S2. The maximum Gasteiger partial charge on any atom is 0.175 e. The molecule has 0 aliphatic heterocycles. The summed E-state index contributed by atoms with van der Waals surface area (Å²) in [5.41, 5.74) is 0.887. The van der Waals surface area contributed by atoms with E-state index in [2.05, 4.69) is 15.3 Å². The zero-order valence-corrected chi connectivity index (χ0v) is 14.4. The van der Waals surface area contributed by atoms with Crippen LogP contribution in [0, 0.1) is 0 Å². The Morgan fingerprint density at radius 3 is 2.75 bits per heavy atom. The van der Waals surface area contributed by atoms with Crippen molar-refractivity contribution in [3.05, 3.63) is 53.0 Å². The molecule has 0 fully saturated rings. The fraction of sp³-hybridized carbons (Fsp3) is 0.125. The lowest BCUT2D eigenvalue weighted by molar-refractivity contribution is 0.475. The Labute approximate surface area is 143 Å². The van der Waals surface area contributed by atoms with E-state index in [0.717, 1.165) is 6.26 Å². The summed E-state index contributed by atoms with van der Waals surface area (Å²) in [5.74, 6) is 0.426. The molecule has 3 aromatic rings. The first-order valence-corrected chi connectivity index (χ1v) is 9.82. The van der Waals surface area contributed by atoms with Gasteiger partial charge in [0.2, 0.25) is 0 Å². The van der Waals surface area contributed by atoms with Gasteiger partial charge < -0.3 is 10.4 Å². The molecule has 0 radical (unpaired) electrons. The van der Waals surface area contributed by atoms with Crippen LogP contribution >= 0.6 is 11.3 Å². The zero-order valence-electron chi connectivity index (χ0n) is 12.8. The highest BCUT2D eigenvalue weighted by Gasteiger charge is 2.13. The fourth-order valence-electron chi connectivity index (χ4n) is 2.13. The molecule has 2 aromatic heterocycles. The summed E-state index contributed by atoms with van der Waals surface area (Å²) < 4.78 is 23.1. The van der Waals surface area contributed by atoms with Gasteiger partial charge in [0, 0.05) is 16.7 Å². The van der Waals surface area contributed by atoms with E-state index in [1.165, 1.54) is 29.3 Å². The predicted octanol–water partition coefficient (Wildman–Crippen LogP) is 2.93. The summed E-state index contributed by atoms with van der Waals surface area (Å²) in [6.07, 6.45) is 4.21. The van der Waals surface area contributed by atoms with E-state index < -0.39 is 9.84 Å². The lowest BCUT2D eigenvalue weighted by atomic mass is 10.1. The van der Waals surface area contributed by atoms with Crippen molar-refractivity contribution in [1.82, 2.24) is 9.97 Å². The molecule has 2 heterocycles. The van der Waals surface area contributed by atoms with Crippen LogP contribution in [-0.2, 0) is 16.4 Å². The standard InChI is InChI=1S/C16H15N3O3S2/c1-24(21,22)12-4-5-13(15(20)7-12)14-9-17-10-16(19-14)18-8-11-3-2-6-23-11/h2-7,9-10,20H,8H2,1H3,(H,18,19). The highest BCUT2D eigenvalue weighted by atomic mass is 32.2. The number of aromatic nitrogens is 2. The van der Waals surface area contributed by atoms with E-state index >= 15 is 0 Å². The predicted molar refractivity (Wildman–Crippen MR) is 93.9 cm³/mol. The number of phenolic OH excluding ortho intramolecular Hbond substituents is 1. The van der Waals surface area contributed by atoms with Crippen molar-refractivity contribution in [3.63, 3.8) is 0 Å². The highest BCUT2D eigenvalue weighted by Crippen LogP contribution is 2.30. The van der Waals surface area contributed by atoms with Crippen LogP contribution in [0.3, 0.4) is 0 Å². The summed E-state index contributed by atoms with van der Waals surface area (Å²) in [5, 5.41) is 15.3. The highest BCUT2D eigenvalue weighted by molar-refractivity contribution is 7.90. The van der Waals surface area contributed by atoms with Crippen LogP contribution < -0.4 is 5.32 Å². The van der Waals surface area contributed by atoms with Crippen LogP contribution in [0.25, 0.3) is 11.3 Å². The molecule has 0 saturated heterocycles. The summed E-state index contributed by atoms with van der Waals surface area (Å²) in [4.78, 5) is 9.77. The second-order valence-electron chi connectivity index (χ2n) is 5.17. The molecule has 0 unspecified atom stereocenters. The summed E-state index contributed by atoms with van der Waals surface area (Å²) >= 11 is 1.64. The number of anilines is 1. The van der Waals surface area contributed by atoms with Crippen molar-refractivity contribution in [2.75, 3.05) is 11.6 Å². The van der Waals surface area contributed by atoms with Gasteiger partial charge in [-0.15, -0.1) is 11.3 Å². The number of benzene rings is 1. The Hall–Kier alpha value is -2.45. The van der Waals surface area contributed by atoms with Crippen LogP contribution in [0.1, 0.15) is 4.88 Å². The topological polar surface area (TPSA) is 92.2 Å². The second kappa shape index (κ2) is 6.58. The van der Waals surface area contributed by atoms with Crippen LogP contribution in [0.5, 0.6) is 5.75 Å². The van der Waals surface area contributed by atoms with Crippen molar-refractivity contribution in [2.24, 2.45) is 0 Å². The molecule has 124 valence electrons. The Bertz CT molecular complexity index is 954. The van der Waals surface area contributed by atoms with Crippen molar-refractivity contribution >= 4 is 27.0 Å². The molecule has 24 heavy (non-hydrogen) atoms. The van der Waals surface area contributed by atoms with Crippen LogP contribution in [0.2, 0.25) is 0 Å². The van der Waals surface area contributed by atoms with E-state index in [4.69, 9.17) is 0 Å². The van der Waals surface area contributed by atoms with Gasteiger partial charge in [-0.25, -0.2) is 13.4 Å². The first-order valence-electron chi connectivity index (χ1n) is 7.05. The van der Waals surface area contributed by atoms with Crippen molar-refractivity contribution in [3.8, 4) is 17.0 Å². The maximum atomic E-state index is 11.5.